The van der Waals surface area contributed by atoms with Crippen LogP contribution in [0.25, 0.3) is 21.9 Å². The third kappa shape index (κ3) is 2.86. The molecule has 2 aliphatic rings. The summed E-state index contributed by atoms with van der Waals surface area (Å²) in [5.41, 5.74) is 4.73. The van der Waals surface area contributed by atoms with Crippen LogP contribution in [0, 0.1) is 0 Å². The van der Waals surface area contributed by atoms with Crippen LogP contribution >= 0.6 is 0 Å². The Morgan fingerprint density at radius 2 is 1.90 bits per heavy atom. The Kier molecular flexibility index (Phi) is 3.97. The fourth-order valence-electron chi connectivity index (χ4n) is 4.89. The van der Waals surface area contributed by atoms with E-state index in [0.29, 0.717) is 12.0 Å². The second kappa shape index (κ2) is 6.81. The van der Waals surface area contributed by atoms with Crippen molar-refractivity contribution in [1.29, 1.82) is 0 Å². The van der Waals surface area contributed by atoms with Gasteiger partial charge in [-0.25, -0.2) is 9.97 Å². The van der Waals surface area contributed by atoms with Crippen molar-refractivity contribution in [2.75, 3.05) is 11.9 Å². The molecule has 0 atom stereocenters. The van der Waals surface area contributed by atoms with Gasteiger partial charge in [0.1, 0.15) is 11.5 Å². The van der Waals surface area contributed by atoms with Crippen LogP contribution in [0.4, 0.5) is 11.8 Å². The number of hydrogen-bond acceptors (Lipinski definition) is 5. The molecule has 1 aromatic carbocycles. The first kappa shape index (κ1) is 16.9. The average molecular weight is 384 g/mol. The molecule has 1 fully saturated rings. The number of fused-ring (bicyclic) bond motifs is 4. The Morgan fingerprint density at radius 3 is 2.83 bits per heavy atom. The molecule has 0 saturated heterocycles. The maximum absolute atomic E-state index is 4.95. The van der Waals surface area contributed by atoms with Gasteiger partial charge in [0.05, 0.1) is 5.52 Å². The topological polar surface area (TPSA) is 67.7 Å². The Balaban J connectivity index is 1.44. The molecule has 146 valence electrons. The summed E-state index contributed by atoms with van der Waals surface area (Å²) in [4.78, 5) is 14.4. The van der Waals surface area contributed by atoms with Crippen LogP contribution in [-0.2, 0) is 13.0 Å². The van der Waals surface area contributed by atoms with E-state index in [4.69, 9.17) is 9.97 Å². The van der Waals surface area contributed by atoms with Gasteiger partial charge in [-0.3, -0.25) is 0 Å². The number of pyridine rings is 1. The molecule has 6 rings (SSSR count). The summed E-state index contributed by atoms with van der Waals surface area (Å²) in [6.45, 7) is 1.87. The summed E-state index contributed by atoms with van der Waals surface area (Å²) in [5, 5.41) is 9.09. The molecule has 3 aromatic heterocycles. The molecule has 0 amide bonds. The van der Waals surface area contributed by atoms with E-state index < -0.39 is 0 Å². The van der Waals surface area contributed by atoms with E-state index in [1.54, 1.807) is 0 Å². The van der Waals surface area contributed by atoms with Crippen LogP contribution in [0.5, 0.6) is 0 Å². The number of anilines is 2. The molecular weight excluding hydrogens is 360 g/mol. The number of aromatic nitrogens is 4. The lowest BCUT2D eigenvalue weighted by Crippen LogP contribution is -2.24. The summed E-state index contributed by atoms with van der Waals surface area (Å²) in [5.74, 6) is 1.43. The van der Waals surface area contributed by atoms with Crippen LogP contribution in [-0.4, -0.2) is 26.1 Å². The normalized spacial score (nSPS) is 17.1. The molecule has 0 unspecified atom stereocenters. The summed E-state index contributed by atoms with van der Waals surface area (Å²) < 4.78 is 2.44. The monoisotopic (exact) mass is 384 g/mol. The fourth-order valence-corrected chi connectivity index (χ4v) is 4.89. The van der Waals surface area contributed by atoms with Gasteiger partial charge in [-0.15, -0.1) is 0 Å². The lowest BCUT2D eigenvalue weighted by molar-refractivity contribution is 0.547. The van der Waals surface area contributed by atoms with E-state index in [1.807, 2.05) is 12.3 Å². The van der Waals surface area contributed by atoms with Gasteiger partial charge in [-0.2, -0.15) is 4.98 Å². The largest absolute Gasteiger partial charge is 0.322 e. The Morgan fingerprint density at radius 1 is 1.00 bits per heavy atom. The zero-order valence-electron chi connectivity index (χ0n) is 16.4. The van der Waals surface area contributed by atoms with E-state index in [0.717, 1.165) is 42.1 Å². The van der Waals surface area contributed by atoms with E-state index in [1.165, 1.54) is 42.1 Å². The molecule has 1 aliphatic carbocycles. The fraction of sp³-hybridized carbons (Fsp3) is 0.348. The third-order valence-corrected chi connectivity index (χ3v) is 6.30. The van der Waals surface area contributed by atoms with Crippen molar-refractivity contribution in [3.05, 3.63) is 53.9 Å². The third-order valence-electron chi connectivity index (χ3n) is 6.30. The molecule has 1 aliphatic heterocycles. The van der Waals surface area contributed by atoms with Gasteiger partial charge < -0.3 is 15.2 Å². The average Bonchev–Trinajstić information content (AvgIpc) is 3.39. The zero-order chi connectivity index (χ0) is 19.2. The van der Waals surface area contributed by atoms with Crippen LogP contribution < -0.4 is 10.6 Å². The number of para-hydroxylation sites is 1. The summed E-state index contributed by atoms with van der Waals surface area (Å²) in [7, 11) is 0. The van der Waals surface area contributed by atoms with Gasteiger partial charge in [0.2, 0.25) is 5.95 Å². The van der Waals surface area contributed by atoms with Crippen molar-refractivity contribution in [2.45, 2.75) is 44.7 Å². The molecule has 2 N–H and O–H groups in total. The van der Waals surface area contributed by atoms with Crippen molar-refractivity contribution in [2.24, 2.45) is 0 Å². The first-order chi connectivity index (χ1) is 14.4. The van der Waals surface area contributed by atoms with E-state index >= 15 is 0 Å². The van der Waals surface area contributed by atoms with Gasteiger partial charge in [-0.1, -0.05) is 37.1 Å². The number of benzene rings is 1. The minimum Gasteiger partial charge on any atom is -0.322 e. The van der Waals surface area contributed by atoms with Crippen molar-refractivity contribution in [3.63, 3.8) is 0 Å². The molecule has 0 spiro atoms. The number of hydrogen-bond donors (Lipinski definition) is 2. The number of rotatable bonds is 3. The van der Waals surface area contributed by atoms with Crippen molar-refractivity contribution in [1.82, 2.24) is 24.8 Å². The van der Waals surface area contributed by atoms with Gasteiger partial charge in [0, 0.05) is 48.2 Å². The van der Waals surface area contributed by atoms with Crippen molar-refractivity contribution >= 4 is 33.7 Å². The lowest BCUT2D eigenvalue weighted by atomic mass is 10.1. The lowest BCUT2D eigenvalue weighted by Gasteiger charge is -2.17. The SMILES string of the molecule is c1ccc2c(c1)c1cnc(Nc3ccc4c(n3)CCNC4)nc1n2C1CCCC1. The molecule has 29 heavy (non-hydrogen) atoms. The zero-order valence-corrected chi connectivity index (χ0v) is 16.4. The van der Waals surface area contributed by atoms with Gasteiger partial charge in [0.25, 0.3) is 0 Å². The minimum absolute atomic E-state index is 0.523. The smallest absolute Gasteiger partial charge is 0.230 e. The van der Waals surface area contributed by atoms with Crippen LogP contribution in [0.2, 0.25) is 0 Å². The van der Waals surface area contributed by atoms with Gasteiger partial charge in [-0.05, 0) is 30.5 Å². The summed E-state index contributed by atoms with van der Waals surface area (Å²) in [6.07, 6.45) is 7.95. The highest BCUT2D eigenvalue weighted by Crippen LogP contribution is 2.37. The van der Waals surface area contributed by atoms with Crippen LogP contribution in [0.1, 0.15) is 43.0 Å². The number of nitrogens with zero attached hydrogens (tertiary/aromatic N) is 4. The van der Waals surface area contributed by atoms with E-state index in [9.17, 15) is 0 Å². The van der Waals surface area contributed by atoms with Crippen LogP contribution in [0.15, 0.2) is 42.6 Å². The first-order valence-electron chi connectivity index (χ1n) is 10.6. The molecule has 4 heterocycles. The molecule has 6 nitrogen and oxygen atoms in total. The molecule has 1 saturated carbocycles. The van der Waals surface area contributed by atoms with E-state index in [2.05, 4.69) is 50.5 Å². The predicted molar refractivity (Wildman–Crippen MR) is 115 cm³/mol. The highest BCUT2D eigenvalue weighted by Gasteiger charge is 2.23. The molecule has 6 heteroatoms. The summed E-state index contributed by atoms with van der Waals surface area (Å²) in [6, 6.07) is 13.3. The molecule has 0 bridgehead atoms. The second-order valence-corrected chi connectivity index (χ2v) is 8.11. The minimum atomic E-state index is 0.523. The first-order valence-corrected chi connectivity index (χ1v) is 10.6. The molecule has 4 aromatic rings. The van der Waals surface area contributed by atoms with E-state index in [-0.39, 0.29) is 0 Å². The second-order valence-electron chi connectivity index (χ2n) is 8.11. The quantitative estimate of drug-likeness (QED) is 0.545. The summed E-state index contributed by atoms with van der Waals surface area (Å²) >= 11 is 0. The van der Waals surface area contributed by atoms with Gasteiger partial charge in [0.15, 0.2) is 0 Å². The Labute approximate surface area is 169 Å². The Bertz CT molecular complexity index is 1200. The highest BCUT2D eigenvalue weighted by molar-refractivity contribution is 6.06. The maximum Gasteiger partial charge on any atom is 0.230 e. The predicted octanol–water partition coefficient (Wildman–Crippen LogP) is 4.48. The van der Waals surface area contributed by atoms with Crippen molar-refractivity contribution < 1.29 is 0 Å². The highest BCUT2D eigenvalue weighted by atomic mass is 15.2. The van der Waals surface area contributed by atoms with Crippen LogP contribution in [0.3, 0.4) is 0 Å². The van der Waals surface area contributed by atoms with Gasteiger partial charge >= 0.3 is 0 Å². The number of nitrogens with one attached hydrogen (secondary N) is 2. The van der Waals surface area contributed by atoms with Crippen molar-refractivity contribution in [3.8, 4) is 0 Å². The molecular formula is C23H24N6. The molecule has 0 radical (unpaired) electrons. The Hall–Kier alpha value is -2.99. The standard InChI is InChI=1S/C23H24N6/c1-2-6-16(5-1)29-20-8-4-3-7-17(20)18-14-25-23(28-22(18)29)27-21-10-9-15-13-24-12-11-19(15)26-21/h3-4,7-10,14,16,24H,1-2,5-6,11-13H2,(H,25,26,27,28). The maximum atomic E-state index is 4.95.